The fourth-order valence-electron chi connectivity index (χ4n) is 2.09. The molecule has 0 aliphatic carbocycles. The summed E-state index contributed by atoms with van der Waals surface area (Å²) in [6, 6.07) is 15.3. The monoisotopic (exact) mass is 360 g/mol. The summed E-state index contributed by atoms with van der Waals surface area (Å²) < 4.78 is 4.68. The summed E-state index contributed by atoms with van der Waals surface area (Å²) in [5.41, 5.74) is 1.94. The quantitative estimate of drug-likeness (QED) is 0.244. The Balaban J connectivity index is 2.26. The first-order valence-corrected chi connectivity index (χ1v) is 8.65. The fraction of sp³-hybridized carbons (Fsp3) is 0.158. The standard InChI is InChI=1S/C19H17ClO3S/c1-13(21)17(19(22)23-2)11-15-7-3-4-9-18(15)24-12-14-6-5-8-16(20)10-14/h3-11H,12H2,1-2H3. The average molecular weight is 361 g/mol. The van der Waals surface area contributed by atoms with Gasteiger partial charge in [0.15, 0.2) is 5.78 Å². The van der Waals surface area contributed by atoms with E-state index in [2.05, 4.69) is 4.74 Å². The van der Waals surface area contributed by atoms with Crippen LogP contribution in [0.4, 0.5) is 0 Å². The van der Waals surface area contributed by atoms with Crippen LogP contribution in [0.2, 0.25) is 5.02 Å². The largest absolute Gasteiger partial charge is 0.465 e. The van der Waals surface area contributed by atoms with Crippen molar-refractivity contribution in [2.75, 3.05) is 7.11 Å². The van der Waals surface area contributed by atoms with Crippen molar-refractivity contribution >= 4 is 41.2 Å². The van der Waals surface area contributed by atoms with E-state index in [1.807, 2.05) is 48.5 Å². The van der Waals surface area contributed by atoms with Gasteiger partial charge < -0.3 is 4.74 Å². The Morgan fingerprint density at radius 1 is 1.17 bits per heavy atom. The van der Waals surface area contributed by atoms with Gasteiger partial charge in [0.25, 0.3) is 0 Å². The molecule has 0 N–H and O–H groups in total. The van der Waals surface area contributed by atoms with Crippen molar-refractivity contribution in [1.29, 1.82) is 0 Å². The number of benzene rings is 2. The molecular weight excluding hydrogens is 344 g/mol. The minimum atomic E-state index is -0.628. The van der Waals surface area contributed by atoms with E-state index >= 15 is 0 Å². The molecule has 0 aromatic heterocycles. The van der Waals surface area contributed by atoms with Gasteiger partial charge in [0, 0.05) is 15.7 Å². The van der Waals surface area contributed by atoms with Crippen molar-refractivity contribution in [1.82, 2.24) is 0 Å². The SMILES string of the molecule is COC(=O)C(=Cc1ccccc1SCc1cccc(Cl)c1)C(C)=O. The minimum absolute atomic E-state index is 0.0355. The summed E-state index contributed by atoms with van der Waals surface area (Å²) >= 11 is 7.62. The summed E-state index contributed by atoms with van der Waals surface area (Å²) in [5.74, 6) is -0.215. The number of ketones is 1. The van der Waals surface area contributed by atoms with Crippen LogP contribution in [0, 0.1) is 0 Å². The van der Waals surface area contributed by atoms with Gasteiger partial charge in [0.1, 0.15) is 5.57 Å². The van der Waals surface area contributed by atoms with E-state index in [-0.39, 0.29) is 11.4 Å². The molecule has 0 amide bonds. The molecule has 2 aromatic carbocycles. The maximum absolute atomic E-state index is 11.8. The number of carbonyl (C=O) groups excluding carboxylic acids is 2. The van der Waals surface area contributed by atoms with Crippen LogP contribution in [-0.4, -0.2) is 18.9 Å². The first kappa shape index (κ1) is 18.3. The molecule has 5 heteroatoms. The molecule has 0 saturated heterocycles. The maximum Gasteiger partial charge on any atom is 0.341 e. The average Bonchev–Trinajstić information content (AvgIpc) is 2.57. The highest BCUT2D eigenvalue weighted by atomic mass is 35.5. The molecule has 0 bridgehead atoms. The molecule has 2 rings (SSSR count). The zero-order valence-corrected chi connectivity index (χ0v) is 15.0. The molecule has 0 heterocycles. The van der Waals surface area contributed by atoms with Crippen LogP contribution in [0.25, 0.3) is 6.08 Å². The first-order chi connectivity index (χ1) is 11.5. The highest BCUT2D eigenvalue weighted by molar-refractivity contribution is 7.98. The van der Waals surface area contributed by atoms with E-state index in [9.17, 15) is 9.59 Å². The van der Waals surface area contributed by atoms with Crippen LogP contribution in [0.5, 0.6) is 0 Å². The maximum atomic E-state index is 11.8. The number of thioether (sulfide) groups is 1. The molecule has 0 unspecified atom stereocenters. The third-order valence-electron chi connectivity index (χ3n) is 3.29. The third-order valence-corrected chi connectivity index (χ3v) is 4.68. The van der Waals surface area contributed by atoms with Crippen LogP contribution >= 0.6 is 23.4 Å². The number of rotatable bonds is 6. The Hall–Kier alpha value is -2.04. The van der Waals surface area contributed by atoms with E-state index in [0.717, 1.165) is 21.8 Å². The van der Waals surface area contributed by atoms with Gasteiger partial charge in [-0.15, -0.1) is 11.8 Å². The summed E-state index contributed by atoms with van der Waals surface area (Å²) in [6.45, 7) is 1.35. The van der Waals surface area contributed by atoms with E-state index in [4.69, 9.17) is 11.6 Å². The van der Waals surface area contributed by atoms with Gasteiger partial charge in [-0.2, -0.15) is 0 Å². The van der Waals surface area contributed by atoms with E-state index < -0.39 is 5.97 Å². The number of halogens is 1. The van der Waals surface area contributed by atoms with Crippen LogP contribution in [0.3, 0.4) is 0 Å². The second kappa shape index (κ2) is 8.71. The fourth-order valence-corrected chi connectivity index (χ4v) is 3.27. The first-order valence-electron chi connectivity index (χ1n) is 7.28. The Morgan fingerprint density at radius 3 is 2.58 bits per heavy atom. The van der Waals surface area contributed by atoms with Gasteiger partial charge in [-0.05, 0) is 42.3 Å². The Labute approximate surface area is 150 Å². The summed E-state index contributed by atoms with van der Waals surface area (Å²) in [7, 11) is 1.26. The van der Waals surface area contributed by atoms with Crippen molar-refractivity contribution < 1.29 is 14.3 Å². The van der Waals surface area contributed by atoms with E-state index in [1.165, 1.54) is 14.0 Å². The smallest absolute Gasteiger partial charge is 0.341 e. The minimum Gasteiger partial charge on any atom is -0.465 e. The molecule has 0 fully saturated rings. The lowest BCUT2D eigenvalue weighted by Gasteiger charge is -2.08. The van der Waals surface area contributed by atoms with Crippen molar-refractivity contribution in [2.45, 2.75) is 17.6 Å². The van der Waals surface area contributed by atoms with Crippen molar-refractivity contribution in [3.63, 3.8) is 0 Å². The van der Waals surface area contributed by atoms with Gasteiger partial charge in [-0.3, -0.25) is 4.79 Å². The number of methoxy groups -OCH3 is 1. The van der Waals surface area contributed by atoms with Crippen LogP contribution in [-0.2, 0) is 20.1 Å². The summed E-state index contributed by atoms with van der Waals surface area (Å²) in [5, 5.41) is 0.700. The predicted octanol–water partition coefficient (Wildman–Crippen LogP) is 4.78. The van der Waals surface area contributed by atoms with Crippen molar-refractivity contribution in [2.24, 2.45) is 0 Å². The molecule has 2 aromatic rings. The lowest BCUT2D eigenvalue weighted by Crippen LogP contribution is -2.11. The molecule has 0 atom stereocenters. The zero-order chi connectivity index (χ0) is 17.5. The third kappa shape index (κ3) is 4.98. The van der Waals surface area contributed by atoms with Gasteiger partial charge in [-0.25, -0.2) is 4.79 Å². The number of Topliss-reactive ketones (excluding diaryl/α,β-unsaturated/α-hetero) is 1. The molecule has 24 heavy (non-hydrogen) atoms. The van der Waals surface area contributed by atoms with Gasteiger partial charge in [0.05, 0.1) is 7.11 Å². The Morgan fingerprint density at radius 2 is 1.92 bits per heavy atom. The van der Waals surface area contributed by atoms with Crippen molar-refractivity contribution in [3.05, 3.63) is 70.3 Å². The lowest BCUT2D eigenvalue weighted by atomic mass is 10.1. The molecule has 124 valence electrons. The van der Waals surface area contributed by atoms with Crippen LogP contribution < -0.4 is 0 Å². The highest BCUT2D eigenvalue weighted by Crippen LogP contribution is 2.28. The molecular formula is C19H17ClO3S. The Kier molecular flexibility index (Phi) is 6.64. The number of carbonyl (C=O) groups is 2. The zero-order valence-electron chi connectivity index (χ0n) is 13.4. The number of hydrogen-bond acceptors (Lipinski definition) is 4. The second-order valence-corrected chi connectivity index (χ2v) is 6.52. The summed E-state index contributed by atoms with van der Waals surface area (Å²) in [6.07, 6.45) is 1.58. The molecule has 0 aliphatic heterocycles. The van der Waals surface area contributed by atoms with Crippen LogP contribution in [0.1, 0.15) is 18.1 Å². The van der Waals surface area contributed by atoms with Gasteiger partial charge in [-0.1, -0.05) is 41.9 Å². The van der Waals surface area contributed by atoms with E-state index in [0.29, 0.717) is 5.02 Å². The topological polar surface area (TPSA) is 43.4 Å². The number of esters is 1. The lowest BCUT2D eigenvalue weighted by molar-refractivity contribution is -0.137. The van der Waals surface area contributed by atoms with Crippen LogP contribution in [0.15, 0.2) is 59.0 Å². The highest BCUT2D eigenvalue weighted by Gasteiger charge is 2.15. The van der Waals surface area contributed by atoms with E-state index in [1.54, 1.807) is 17.8 Å². The molecule has 0 radical (unpaired) electrons. The predicted molar refractivity (Wildman–Crippen MR) is 98.1 cm³/mol. The Bertz CT molecular complexity index is 784. The van der Waals surface area contributed by atoms with Gasteiger partial charge in [0.2, 0.25) is 0 Å². The molecule has 0 saturated carbocycles. The van der Waals surface area contributed by atoms with Crippen molar-refractivity contribution in [3.8, 4) is 0 Å². The number of ether oxygens (including phenoxy) is 1. The molecule has 0 spiro atoms. The second-order valence-electron chi connectivity index (χ2n) is 5.06. The number of hydrogen-bond donors (Lipinski definition) is 0. The summed E-state index contributed by atoms with van der Waals surface area (Å²) in [4.78, 5) is 24.4. The molecule has 3 nitrogen and oxygen atoms in total. The van der Waals surface area contributed by atoms with Gasteiger partial charge >= 0.3 is 5.97 Å². The molecule has 0 aliphatic rings. The normalized spacial score (nSPS) is 11.2.